The minimum Gasteiger partial charge on any atom is -0.461 e. The number of nitrogen functional groups attached to an aromatic ring is 1. The zero-order valence-electron chi connectivity index (χ0n) is 10.3. The molecule has 0 saturated carbocycles. The Balaban J connectivity index is 2.21. The molecule has 1 aromatic rings. The van der Waals surface area contributed by atoms with E-state index in [9.17, 15) is 4.79 Å². The first-order chi connectivity index (χ1) is 8.09. The van der Waals surface area contributed by atoms with Crippen molar-refractivity contribution in [3.63, 3.8) is 0 Å². The lowest BCUT2D eigenvalue weighted by molar-refractivity contribution is -0.152. The predicted molar refractivity (Wildman–Crippen MR) is 66.6 cm³/mol. The molecule has 1 rings (SSSR count). The maximum Gasteiger partial charge on any atom is 0.332 e. The Kier molecular flexibility index (Phi) is 5.49. The lowest BCUT2D eigenvalue weighted by Gasteiger charge is -2.09. The predicted octanol–water partition coefficient (Wildman–Crippen LogP) is 1.78. The summed E-state index contributed by atoms with van der Waals surface area (Å²) in [6.07, 6.45) is 0.595. The Morgan fingerprint density at radius 2 is 2.06 bits per heavy atom. The normalized spacial score (nSPS) is 10.5. The number of esters is 1. The van der Waals surface area contributed by atoms with Gasteiger partial charge >= 0.3 is 5.97 Å². The Hall–Kier alpha value is -1.55. The van der Waals surface area contributed by atoms with Gasteiger partial charge in [-0.25, -0.2) is 4.79 Å². The average molecular weight is 237 g/mol. The number of hydrogen-bond donors (Lipinski definition) is 1. The van der Waals surface area contributed by atoms with E-state index in [2.05, 4.69) is 0 Å². The van der Waals surface area contributed by atoms with E-state index in [0.29, 0.717) is 13.0 Å². The second-order valence-electron chi connectivity index (χ2n) is 4.04. The average Bonchev–Trinajstić information content (AvgIpc) is 2.25. The van der Waals surface area contributed by atoms with Gasteiger partial charge in [0, 0.05) is 5.69 Å². The van der Waals surface area contributed by atoms with Crippen molar-refractivity contribution in [2.75, 3.05) is 18.9 Å². The molecule has 0 aliphatic rings. The summed E-state index contributed by atoms with van der Waals surface area (Å²) in [4.78, 5) is 11.2. The monoisotopic (exact) mass is 237 g/mol. The van der Waals surface area contributed by atoms with Crippen molar-refractivity contribution in [1.29, 1.82) is 0 Å². The minimum absolute atomic E-state index is 0.00901. The molecule has 0 fully saturated rings. The molecule has 0 unspecified atom stereocenters. The molecule has 0 heterocycles. The van der Waals surface area contributed by atoms with E-state index in [1.54, 1.807) is 0 Å². The standard InChI is InChI=1S/C13H19NO3/c1-10(2)17-13(15)9-16-8-7-11-5-3-4-6-12(11)14/h3-6,10H,7-9,14H2,1-2H3. The molecule has 0 aromatic heterocycles. The van der Waals surface area contributed by atoms with Gasteiger partial charge in [0.05, 0.1) is 12.7 Å². The highest BCUT2D eigenvalue weighted by atomic mass is 16.6. The molecule has 0 bridgehead atoms. The van der Waals surface area contributed by atoms with Gasteiger partial charge in [-0.2, -0.15) is 0 Å². The van der Waals surface area contributed by atoms with E-state index in [1.807, 2.05) is 38.1 Å². The number of ether oxygens (including phenoxy) is 2. The summed E-state index contributed by atoms with van der Waals surface area (Å²) in [5.74, 6) is -0.332. The molecule has 4 nitrogen and oxygen atoms in total. The molecule has 1 aromatic carbocycles. The number of anilines is 1. The van der Waals surface area contributed by atoms with E-state index in [4.69, 9.17) is 15.2 Å². The molecule has 0 spiro atoms. The fraction of sp³-hybridized carbons (Fsp3) is 0.462. The molecule has 0 atom stereocenters. The second kappa shape index (κ2) is 6.91. The number of para-hydroxylation sites is 1. The van der Waals surface area contributed by atoms with E-state index in [-0.39, 0.29) is 18.7 Å². The maximum atomic E-state index is 11.2. The molecule has 0 radical (unpaired) electrons. The first-order valence-corrected chi connectivity index (χ1v) is 5.70. The molecule has 17 heavy (non-hydrogen) atoms. The van der Waals surface area contributed by atoms with Crippen LogP contribution in [0.2, 0.25) is 0 Å². The van der Waals surface area contributed by atoms with Crippen LogP contribution < -0.4 is 5.73 Å². The van der Waals surface area contributed by atoms with Crippen LogP contribution in [-0.4, -0.2) is 25.3 Å². The van der Waals surface area contributed by atoms with Gasteiger partial charge in [0.25, 0.3) is 0 Å². The van der Waals surface area contributed by atoms with Gasteiger partial charge in [0.1, 0.15) is 6.61 Å². The van der Waals surface area contributed by atoms with Gasteiger partial charge in [0.2, 0.25) is 0 Å². The largest absolute Gasteiger partial charge is 0.461 e. The van der Waals surface area contributed by atoms with E-state index in [0.717, 1.165) is 11.3 Å². The first kappa shape index (κ1) is 13.5. The van der Waals surface area contributed by atoms with Gasteiger partial charge in [0.15, 0.2) is 0 Å². The molecule has 2 N–H and O–H groups in total. The van der Waals surface area contributed by atoms with E-state index in [1.165, 1.54) is 0 Å². The third-order valence-corrected chi connectivity index (χ3v) is 2.16. The van der Waals surface area contributed by atoms with Crippen molar-refractivity contribution >= 4 is 11.7 Å². The highest BCUT2D eigenvalue weighted by Crippen LogP contribution is 2.10. The molecule has 0 amide bonds. The smallest absolute Gasteiger partial charge is 0.332 e. The van der Waals surface area contributed by atoms with Crippen LogP contribution in [0.4, 0.5) is 5.69 Å². The third kappa shape index (κ3) is 5.36. The summed E-state index contributed by atoms with van der Waals surface area (Å²) in [6, 6.07) is 7.62. The zero-order valence-corrected chi connectivity index (χ0v) is 10.3. The van der Waals surface area contributed by atoms with Crippen LogP contribution in [0.25, 0.3) is 0 Å². The van der Waals surface area contributed by atoms with Crippen LogP contribution in [0.3, 0.4) is 0 Å². The molecule has 0 saturated heterocycles. The highest BCUT2D eigenvalue weighted by molar-refractivity contribution is 5.70. The molecule has 4 heteroatoms. The summed E-state index contributed by atoms with van der Waals surface area (Å²) in [7, 11) is 0. The van der Waals surface area contributed by atoms with E-state index < -0.39 is 0 Å². The van der Waals surface area contributed by atoms with Crippen LogP contribution in [0.15, 0.2) is 24.3 Å². The van der Waals surface area contributed by atoms with Crippen LogP contribution in [0.5, 0.6) is 0 Å². The molecular weight excluding hydrogens is 218 g/mol. The Labute approximate surface area is 102 Å². The fourth-order valence-electron chi connectivity index (χ4n) is 1.40. The quantitative estimate of drug-likeness (QED) is 0.465. The Bertz CT molecular complexity index is 363. The SMILES string of the molecule is CC(C)OC(=O)COCCc1ccccc1N. The molecule has 0 aliphatic heterocycles. The van der Waals surface area contributed by atoms with Crippen molar-refractivity contribution in [2.24, 2.45) is 0 Å². The summed E-state index contributed by atoms with van der Waals surface area (Å²) < 4.78 is 10.2. The van der Waals surface area contributed by atoms with Gasteiger partial charge in [-0.05, 0) is 31.9 Å². The van der Waals surface area contributed by atoms with E-state index >= 15 is 0 Å². The van der Waals surface area contributed by atoms with Crippen molar-refractivity contribution in [3.05, 3.63) is 29.8 Å². The summed E-state index contributed by atoms with van der Waals surface area (Å²) in [5, 5.41) is 0. The van der Waals surface area contributed by atoms with Crippen molar-refractivity contribution in [3.8, 4) is 0 Å². The molecular formula is C13H19NO3. The molecule has 94 valence electrons. The number of rotatable bonds is 6. The first-order valence-electron chi connectivity index (χ1n) is 5.70. The second-order valence-corrected chi connectivity index (χ2v) is 4.04. The number of hydrogen-bond acceptors (Lipinski definition) is 4. The maximum absolute atomic E-state index is 11.2. The Morgan fingerprint density at radius 1 is 1.35 bits per heavy atom. The van der Waals surface area contributed by atoms with Gasteiger partial charge in [-0.3, -0.25) is 0 Å². The highest BCUT2D eigenvalue weighted by Gasteiger charge is 2.05. The van der Waals surface area contributed by atoms with Gasteiger partial charge in [-0.15, -0.1) is 0 Å². The summed E-state index contributed by atoms with van der Waals surface area (Å²) in [5.41, 5.74) is 7.56. The number of benzene rings is 1. The van der Waals surface area contributed by atoms with Crippen molar-refractivity contribution in [1.82, 2.24) is 0 Å². The van der Waals surface area contributed by atoms with Crippen LogP contribution in [0.1, 0.15) is 19.4 Å². The van der Waals surface area contributed by atoms with Crippen LogP contribution in [0, 0.1) is 0 Å². The third-order valence-electron chi connectivity index (χ3n) is 2.16. The fourth-order valence-corrected chi connectivity index (χ4v) is 1.40. The molecule has 0 aliphatic carbocycles. The Morgan fingerprint density at radius 3 is 2.71 bits per heavy atom. The lowest BCUT2D eigenvalue weighted by Crippen LogP contribution is -2.17. The van der Waals surface area contributed by atoms with Crippen LogP contribution >= 0.6 is 0 Å². The summed E-state index contributed by atoms with van der Waals surface area (Å²) >= 11 is 0. The number of carbonyl (C=O) groups is 1. The van der Waals surface area contributed by atoms with Crippen molar-refractivity contribution in [2.45, 2.75) is 26.4 Å². The lowest BCUT2D eigenvalue weighted by atomic mass is 10.1. The topological polar surface area (TPSA) is 61.5 Å². The van der Waals surface area contributed by atoms with Crippen LogP contribution in [-0.2, 0) is 20.7 Å². The van der Waals surface area contributed by atoms with Gasteiger partial charge in [-0.1, -0.05) is 18.2 Å². The van der Waals surface area contributed by atoms with Crippen molar-refractivity contribution < 1.29 is 14.3 Å². The summed E-state index contributed by atoms with van der Waals surface area (Å²) in [6.45, 7) is 4.07. The minimum atomic E-state index is -0.332. The van der Waals surface area contributed by atoms with Gasteiger partial charge < -0.3 is 15.2 Å². The number of carbonyl (C=O) groups excluding carboxylic acids is 1. The number of nitrogens with two attached hydrogens (primary N) is 1. The zero-order chi connectivity index (χ0) is 12.7.